The molecule has 1 aromatic carbocycles. The van der Waals surface area contributed by atoms with Gasteiger partial charge in [0.25, 0.3) is 0 Å². The van der Waals surface area contributed by atoms with Gasteiger partial charge in [-0.15, -0.1) is 0 Å². The van der Waals surface area contributed by atoms with E-state index in [-0.39, 0.29) is 12.1 Å². The van der Waals surface area contributed by atoms with E-state index >= 15 is 0 Å². The second-order valence-electron chi connectivity index (χ2n) is 4.41. The Kier molecular flexibility index (Phi) is 3.54. The second-order valence-corrected chi connectivity index (χ2v) is 4.41. The Hall–Kier alpha value is -1.68. The maximum absolute atomic E-state index is 9.35. The molecule has 4 heteroatoms. The van der Waals surface area contributed by atoms with Crippen LogP contribution in [0, 0.1) is 0 Å². The van der Waals surface area contributed by atoms with Crippen LogP contribution in [0.4, 0.5) is 5.69 Å². The van der Waals surface area contributed by atoms with Gasteiger partial charge in [0.15, 0.2) is 0 Å². The molecule has 90 valence electrons. The quantitative estimate of drug-likeness (QED) is 0.847. The van der Waals surface area contributed by atoms with Gasteiger partial charge in [-0.3, -0.25) is 0 Å². The van der Waals surface area contributed by atoms with E-state index in [4.69, 9.17) is 0 Å². The van der Waals surface area contributed by atoms with E-state index in [9.17, 15) is 5.11 Å². The number of rotatable bonds is 4. The lowest BCUT2D eigenvalue weighted by atomic mass is 10.1. The molecule has 1 heterocycles. The van der Waals surface area contributed by atoms with Crippen molar-refractivity contribution in [1.82, 2.24) is 10.2 Å². The van der Waals surface area contributed by atoms with Crippen molar-refractivity contribution in [3.63, 3.8) is 0 Å². The number of aromatic nitrogens is 2. The highest BCUT2D eigenvalue weighted by Gasteiger charge is 2.08. The van der Waals surface area contributed by atoms with E-state index < -0.39 is 0 Å². The molecule has 0 saturated heterocycles. The zero-order valence-electron chi connectivity index (χ0n) is 10.1. The van der Waals surface area contributed by atoms with Gasteiger partial charge in [0.2, 0.25) is 0 Å². The first kappa shape index (κ1) is 11.8. The number of hydrogen-bond donors (Lipinski definition) is 2. The highest BCUT2D eigenvalue weighted by atomic mass is 16.3. The van der Waals surface area contributed by atoms with Crippen molar-refractivity contribution in [1.29, 1.82) is 0 Å². The van der Waals surface area contributed by atoms with Crippen LogP contribution in [0.15, 0.2) is 30.5 Å². The molecule has 0 saturated carbocycles. The van der Waals surface area contributed by atoms with E-state index in [2.05, 4.69) is 15.5 Å². The lowest BCUT2D eigenvalue weighted by Gasteiger charge is -2.17. The van der Waals surface area contributed by atoms with Crippen LogP contribution >= 0.6 is 0 Å². The third-order valence-electron chi connectivity index (χ3n) is 2.64. The Bertz CT molecular complexity index is 493. The van der Waals surface area contributed by atoms with Gasteiger partial charge in [-0.1, -0.05) is 18.2 Å². The summed E-state index contributed by atoms with van der Waals surface area (Å²) >= 11 is 0. The van der Waals surface area contributed by atoms with Gasteiger partial charge in [-0.2, -0.15) is 10.2 Å². The molecule has 1 aromatic heterocycles. The Labute approximate surface area is 101 Å². The third kappa shape index (κ3) is 2.91. The minimum Gasteiger partial charge on any atom is -0.393 e. The van der Waals surface area contributed by atoms with Gasteiger partial charge in [-0.05, 0) is 26.3 Å². The summed E-state index contributed by atoms with van der Waals surface area (Å²) in [5.41, 5.74) is 1.84. The van der Waals surface area contributed by atoms with Crippen molar-refractivity contribution in [3.05, 3.63) is 30.5 Å². The molecule has 2 unspecified atom stereocenters. The molecule has 17 heavy (non-hydrogen) atoms. The Morgan fingerprint density at radius 1 is 1.29 bits per heavy atom. The molecule has 4 nitrogen and oxygen atoms in total. The zero-order chi connectivity index (χ0) is 12.3. The van der Waals surface area contributed by atoms with E-state index in [1.165, 1.54) is 0 Å². The van der Waals surface area contributed by atoms with Crippen molar-refractivity contribution in [2.45, 2.75) is 32.4 Å². The molecule has 0 radical (unpaired) electrons. The van der Waals surface area contributed by atoms with Crippen LogP contribution in [0.1, 0.15) is 20.3 Å². The Morgan fingerprint density at radius 2 is 2.06 bits per heavy atom. The summed E-state index contributed by atoms with van der Waals surface area (Å²) in [4.78, 5) is 0. The van der Waals surface area contributed by atoms with Gasteiger partial charge in [0.1, 0.15) is 0 Å². The number of aliphatic hydroxyl groups excluding tert-OH is 1. The first-order chi connectivity index (χ1) is 8.16. The molecule has 0 spiro atoms. The zero-order valence-corrected chi connectivity index (χ0v) is 10.1. The summed E-state index contributed by atoms with van der Waals surface area (Å²) in [5, 5.41) is 21.8. The van der Waals surface area contributed by atoms with Gasteiger partial charge in [0.05, 0.1) is 23.5 Å². The van der Waals surface area contributed by atoms with E-state index in [0.29, 0.717) is 6.42 Å². The number of nitrogens with zero attached hydrogens (tertiary/aromatic N) is 2. The maximum Gasteiger partial charge on any atom is 0.0950 e. The first-order valence-electron chi connectivity index (χ1n) is 5.82. The largest absolute Gasteiger partial charge is 0.393 e. The van der Waals surface area contributed by atoms with Crippen LogP contribution in [-0.4, -0.2) is 27.4 Å². The maximum atomic E-state index is 9.35. The molecular weight excluding hydrogens is 214 g/mol. The van der Waals surface area contributed by atoms with Crippen molar-refractivity contribution in [2.75, 3.05) is 5.32 Å². The summed E-state index contributed by atoms with van der Waals surface area (Å²) in [6, 6.07) is 8.07. The third-order valence-corrected chi connectivity index (χ3v) is 2.64. The van der Waals surface area contributed by atoms with E-state index in [1.807, 2.05) is 31.2 Å². The standard InChI is InChI=1S/C13H17N3O/c1-9(7-10(2)17)15-13-8-14-16-12-6-4-3-5-11(12)13/h3-6,8-10,17H,7H2,1-2H3,(H,15,16). The van der Waals surface area contributed by atoms with E-state index in [1.54, 1.807) is 13.1 Å². The average Bonchev–Trinajstić information content (AvgIpc) is 2.28. The lowest BCUT2D eigenvalue weighted by molar-refractivity contribution is 0.179. The molecule has 0 aliphatic carbocycles. The minimum absolute atomic E-state index is 0.197. The number of hydrogen-bond acceptors (Lipinski definition) is 4. The minimum atomic E-state index is -0.307. The number of fused-ring (bicyclic) bond motifs is 1. The van der Waals surface area contributed by atoms with Gasteiger partial charge in [0, 0.05) is 11.4 Å². The van der Waals surface area contributed by atoms with Crippen molar-refractivity contribution in [3.8, 4) is 0 Å². The molecule has 0 amide bonds. The Balaban J connectivity index is 2.24. The van der Waals surface area contributed by atoms with Crippen LogP contribution in [0.5, 0.6) is 0 Å². The van der Waals surface area contributed by atoms with Gasteiger partial charge < -0.3 is 10.4 Å². The van der Waals surface area contributed by atoms with Crippen LogP contribution in [0.3, 0.4) is 0 Å². The van der Waals surface area contributed by atoms with Crippen molar-refractivity contribution < 1.29 is 5.11 Å². The topological polar surface area (TPSA) is 58.0 Å². The van der Waals surface area contributed by atoms with Gasteiger partial charge >= 0.3 is 0 Å². The van der Waals surface area contributed by atoms with Crippen LogP contribution in [0.25, 0.3) is 10.9 Å². The highest BCUT2D eigenvalue weighted by Crippen LogP contribution is 2.21. The number of aliphatic hydroxyl groups is 1. The molecule has 2 aromatic rings. The van der Waals surface area contributed by atoms with Crippen LogP contribution < -0.4 is 5.32 Å². The molecule has 0 bridgehead atoms. The van der Waals surface area contributed by atoms with Gasteiger partial charge in [-0.25, -0.2) is 0 Å². The fourth-order valence-electron chi connectivity index (χ4n) is 1.96. The fourth-order valence-corrected chi connectivity index (χ4v) is 1.96. The lowest BCUT2D eigenvalue weighted by Crippen LogP contribution is -2.20. The number of nitrogens with one attached hydrogen (secondary N) is 1. The summed E-state index contributed by atoms with van der Waals surface area (Å²) in [6.45, 7) is 3.84. The summed E-state index contributed by atoms with van der Waals surface area (Å²) in [7, 11) is 0. The SMILES string of the molecule is CC(O)CC(C)Nc1cnnc2ccccc12. The normalized spacial score (nSPS) is 14.5. The van der Waals surface area contributed by atoms with Crippen molar-refractivity contribution >= 4 is 16.6 Å². The fraction of sp³-hybridized carbons (Fsp3) is 0.385. The molecular formula is C13H17N3O. The smallest absolute Gasteiger partial charge is 0.0950 e. The summed E-state index contributed by atoms with van der Waals surface area (Å²) in [6.07, 6.45) is 2.12. The average molecular weight is 231 g/mol. The molecule has 2 atom stereocenters. The number of benzene rings is 1. The Morgan fingerprint density at radius 3 is 2.82 bits per heavy atom. The molecule has 2 N–H and O–H groups in total. The van der Waals surface area contributed by atoms with E-state index in [0.717, 1.165) is 16.6 Å². The summed E-state index contributed by atoms with van der Waals surface area (Å²) in [5.74, 6) is 0. The predicted octanol–water partition coefficient (Wildman–Crippen LogP) is 2.20. The molecule has 0 fully saturated rings. The monoisotopic (exact) mass is 231 g/mol. The predicted molar refractivity (Wildman–Crippen MR) is 68.9 cm³/mol. The highest BCUT2D eigenvalue weighted by molar-refractivity contribution is 5.90. The van der Waals surface area contributed by atoms with Crippen LogP contribution in [-0.2, 0) is 0 Å². The van der Waals surface area contributed by atoms with Crippen molar-refractivity contribution in [2.24, 2.45) is 0 Å². The molecule has 0 aliphatic rings. The second kappa shape index (κ2) is 5.10. The molecule has 2 rings (SSSR count). The van der Waals surface area contributed by atoms with Crippen LogP contribution in [0.2, 0.25) is 0 Å². The number of anilines is 1. The summed E-state index contributed by atoms with van der Waals surface area (Å²) < 4.78 is 0. The molecule has 0 aliphatic heterocycles. The first-order valence-corrected chi connectivity index (χ1v) is 5.82.